The van der Waals surface area contributed by atoms with E-state index < -0.39 is 8.03 Å². The highest BCUT2D eigenvalue weighted by atomic mass is 32.1. The first-order chi connectivity index (χ1) is 4.06. The van der Waals surface area contributed by atoms with Crippen LogP contribution in [0, 0.1) is 5.41 Å². The molecule has 1 atom stereocenters. The summed E-state index contributed by atoms with van der Waals surface area (Å²) in [4.78, 5) is 8.04. The van der Waals surface area contributed by atoms with Gasteiger partial charge in [-0.25, -0.2) is 5.41 Å². The summed E-state index contributed by atoms with van der Waals surface area (Å²) in [5, 5.41) is 7.68. The molecule has 0 saturated heterocycles. The fourth-order valence-corrected chi connectivity index (χ4v) is 0. The van der Waals surface area contributed by atoms with Crippen molar-refractivity contribution in [1.29, 1.82) is 5.41 Å². The van der Waals surface area contributed by atoms with E-state index >= 15 is 0 Å². The molecule has 0 rings (SSSR count). The highest BCUT2D eigenvalue weighted by molar-refractivity contribution is 7.78. The van der Waals surface area contributed by atoms with Crippen molar-refractivity contribution in [2.75, 3.05) is 0 Å². The molecule has 0 aromatic heterocycles. The molecule has 0 fully saturated rings. The van der Waals surface area contributed by atoms with E-state index in [2.05, 4.69) is 18.8 Å². The molecule has 0 radical (unpaired) electrons. The highest BCUT2D eigenvalue weighted by Gasteiger charge is 2.08. The average Bonchev–Trinajstić information content (AvgIpc) is 1.68. The van der Waals surface area contributed by atoms with Crippen LogP contribution >= 0.6 is 20.2 Å². The van der Waals surface area contributed by atoms with Crippen molar-refractivity contribution in [1.82, 2.24) is 0 Å². The lowest BCUT2D eigenvalue weighted by Crippen LogP contribution is -1.54. The monoisotopic (exact) mass is 164 g/mol. The molecular weight excluding hydrogens is 157 g/mol. The second-order valence-corrected chi connectivity index (χ2v) is 2.62. The zero-order valence-electron chi connectivity index (χ0n) is 4.92. The molecule has 5 heteroatoms. The smallest absolute Gasteiger partial charge is 0.248 e. The van der Waals surface area contributed by atoms with E-state index in [-0.39, 0.29) is 0 Å². The Morgan fingerprint density at radius 3 is 2.11 bits per heavy atom. The predicted molar refractivity (Wildman–Crippen MR) is 40.0 cm³/mol. The Balaban J connectivity index is 0. The van der Waals surface area contributed by atoms with Gasteiger partial charge in [0.1, 0.15) is 0 Å². The Bertz CT molecular complexity index is 139. The second-order valence-electron chi connectivity index (χ2n) is 1.11. The van der Waals surface area contributed by atoms with E-state index in [0.29, 0.717) is 5.31 Å². The molecular formula is C4H7NO2PS+. The van der Waals surface area contributed by atoms with E-state index in [1.54, 1.807) is 5.16 Å². The fourth-order valence-electron chi connectivity index (χ4n) is 0. The summed E-state index contributed by atoms with van der Waals surface area (Å²) >= 11 is 3.81. The zero-order chi connectivity index (χ0) is 7.86. The van der Waals surface area contributed by atoms with Gasteiger partial charge in [-0.1, -0.05) is 0 Å². The van der Waals surface area contributed by atoms with Crippen molar-refractivity contribution in [2.45, 2.75) is 6.92 Å². The van der Waals surface area contributed by atoms with E-state index in [0.717, 1.165) is 0 Å². The Morgan fingerprint density at radius 1 is 2.00 bits per heavy atom. The maximum Gasteiger partial charge on any atom is 0.540 e. The third-order valence-corrected chi connectivity index (χ3v) is 0.980. The van der Waals surface area contributed by atoms with Gasteiger partial charge < -0.3 is 0 Å². The summed E-state index contributed by atoms with van der Waals surface area (Å²) in [5.41, 5.74) is 0. The molecule has 0 aliphatic heterocycles. The third-order valence-electron chi connectivity index (χ3n) is 0.327. The maximum atomic E-state index is 9.75. The fraction of sp³-hybridized carbons (Fsp3) is 0.250. The molecule has 9 heavy (non-hydrogen) atoms. The van der Waals surface area contributed by atoms with Gasteiger partial charge in [-0.2, -0.15) is 4.89 Å². The van der Waals surface area contributed by atoms with Crippen LogP contribution in [0.15, 0.2) is 11.9 Å². The Labute approximate surface area is 59.8 Å². The van der Waals surface area contributed by atoms with Gasteiger partial charge in [0.15, 0.2) is 5.31 Å². The quantitative estimate of drug-likeness (QED) is 0.353. The summed E-state index contributed by atoms with van der Waals surface area (Å²) < 4.78 is 9.75. The molecule has 3 nitrogen and oxygen atoms in total. The van der Waals surface area contributed by atoms with Gasteiger partial charge in [0.05, 0.1) is 5.16 Å². The van der Waals surface area contributed by atoms with Crippen LogP contribution in [0.25, 0.3) is 0 Å². The molecule has 0 bridgehead atoms. The molecule has 0 aromatic rings. The van der Waals surface area contributed by atoms with Crippen LogP contribution in [0.5, 0.6) is 0 Å². The van der Waals surface area contributed by atoms with Gasteiger partial charge in [0, 0.05) is 6.92 Å². The van der Waals surface area contributed by atoms with Crippen molar-refractivity contribution in [3.8, 4) is 0 Å². The minimum Gasteiger partial charge on any atom is -0.248 e. The molecule has 0 spiro atoms. The van der Waals surface area contributed by atoms with Crippen molar-refractivity contribution in [3.05, 3.63) is 11.9 Å². The molecule has 50 valence electrons. The van der Waals surface area contributed by atoms with Crippen molar-refractivity contribution < 1.29 is 9.46 Å². The van der Waals surface area contributed by atoms with E-state index in [9.17, 15) is 4.57 Å². The number of isothiocyanates is 1. The van der Waals surface area contributed by atoms with Crippen LogP contribution in [0.4, 0.5) is 0 Å². The van der Waals surface area contributed by atoms with E-state index in [1.807, 2.05) is 0 Å². The molecule has 0 aliphatic carbocycles. The van der Waals surface area contributed by atoms with E-state index in [4.69, 9.17) is 10.3 Å². The first-order valence-corrected chi connectivity index (χ1v) is 3.53. The molecule has 0 amide bonds. The topological polar surface area (TPSA) is 61.1 Å². The summed E-state index contributed by atoms with van der Waals surface area (Å²) in [7, 11) is -2.10. The van der Waals surface area contributed by atoms with Gasteiger partial charge in [-0.3, -0.25) is 0 Å². The average molecular weight is 164 g/mol. The van der Waals surface area contributed by atoms with Crippen LogP contribution in [0.2, 0.25) is 0 Å². The van der Waals surface area contributed by atoms with Crippen LogP contribution in [-0.2, 0) is 4.57 Å². The number of rotatable bonds is 1. The normalized spacial score (nSPS) is 8.00. The first-order valence-electron chi connectivity index (χ1n) is 1.91. The summed E-state index contributed by atoms with van der Waals surface area (Å²) in [5.74, 6) is 0. The van der Waals surface area contributed by atoms with Crippen LogP contribution < -0.4 is 0 Å². The third kappa shape index (κ3) is 18.4. The van der Waals surface area contributed by atoms with E-state index in [1.165, 1.54) is 6.92 Å². The number of allylic oxidation sites excluding steroid dienone is 1. The highest BCUT2D eigenvalue weighted by Crippen LogP contribution is 2.22. The predicted octanol–water partition coefficient (Wildman–Crippen LogP) is 1.92. The van der Waals surface area contributed by atoms with Crippen molar-refractivity contribution >= 4 is 25.4 Å². The molecule has 0 aliphatic rings. The Kier molecular flexibility index (Phi) is 9.63. The van der Waals surface area contributed by atoms with Gasteiger partial charge in [0.25, 0.3) is 0 Å². The van der Waals surface area contributed by atoms with Crippen molar-refractivity contribution in [3.63, 3.8) is 0 Å². The summed E-state index contributed by atoms with van der Waals surface area (Å²) in [6.45, 7) is 4.73. The Hall–Kier alpha value is -0.400. The minimum absolute atomic E-state index is 0.324. The number of hydrogen-bond acceptors (Lipinski definition) is 3. The number of nitrogens with one attached hydrogen (secondary N) is 1. The maximum absolute atomic E-state index is 9.75. The van der Waals surface area contributed by atoms with Crippen LogP contribution in [0.1, 0.15) is 6.92 Å². The minimum atomic E-state index is -2.10. The van der Waals surface area contributed by atoms with Gasteiger partial charge in [-0.05, 0) is 23.4 Å². The zero-order valence-corrected chi connectivity index (χ0v) is 6.63. The summed E-state index contributed by atoms with van der Waals surface area (Å²) in [6.07, 6.45) is 0. The standard InChI is InChI=1S/C3H5O2P.CHNS/c1-3(2)6(4)5;2-1-3/h1H2,2H3;2H/p+1. The number of hydrogen-bond donors (Lipinski definition) is 2. The lowest BCUT2D eigenvalue weighted by molar-refractivity contribution is 0.510. The lowest BCUT2D eigenvalue weighted by Gasteiger charge is -1.61. The Morgan fingerprint density at radius 2 is 2.11 bits per heavy atom. The molecule has 2 N–H and O–H groups in total. The number of thiocarbonyl (C=S) groups is 1. The molecule has 1 unspecified atom stereocenters. The van der Waals surface area contributed by atoms with Gasteiger partial charge in [0.2, 0.25) is 0 Å². The van der Waals surface area contributed by atoms with Crippen LogP contribution in [0.3, 0.4) is 0 Å². The SMILES string of the molecule is C=C(C)[P+](=O)O.N=C=S. The van der Waals surface area contributed by atoms with Gasteiger partial charge in [-0.15, -0.1) is 0 Å². The molecule has 0 aromatic carbocycles. The first kappa shape index (κ1) is 11.4. The van der Waals surface area contributed by atoms with Gasteiger partial charge >= 0.3 is 8.03 Å². The molecule has 0 saturated carbocycles. The molecule has 0 heterocycles. The van der Waals surface area contributed by atoms with Crippen LogP contribution in [-0.4, -0.2) is 10.1 Å². The second kappa shape index (κ2) is 7.60. The van der Waals surface area contributed by atoms with Crippen molar-refractivity contribution in [2.24, 2.45) is 0 Å². The summed E-state index contributed by atoms with van der Waals surface area (Å²) in [6, 6.07) is 0. The lowest BCUT2D eigenvalue weighted by atomic mass is 10.8. The largest absolute Gasteiger partial charge is 0.540 e.